The fourth-order valence-corrected chi connectivity index (χ4v) is 4.36. The monoisotopic (exact) mass is 627 g/mol. The molecule has 1 unspecified atom stereocenters. The first-order valence-corrected chi connectivity index (χ1v) is 14.5. The number of amides is 1. The van der Waals surface area contributed by atoms with E-state index in [4.69, 9.17) is 17.3 Å². The molecule has 1 aromatic carbocycles. The smallest absolute Gasteiger partial charge is 0.288 e. The Kier molecular flexibility index (Phi) is 9.84. The highest BCUT2D eigenvalue weighted by molar-refractivity contribution is 14.2. The molecule has 9 nitrogen and oxygen atoms in total. The molecular weight excluding hydrogens is 607 g/mol. The Balaban J connectivity index is 0.000000196. The number of rotatable bonds is 7. The predicted octanol–water partition coefficient (Wildman–Crippen LogP) is 4.45. The summed E-state index contributed by atoms with van der Waals surface area (Å²) in [4.78, 5) is 31.3. The summed E-state index contributed by atoms with van der Waals surface area (Å²) >= 11 is 8.12. The van der Waals surface area contributed by atoms with E-state index in [0.29, 0.717) is 46.0 Å². The fraction of sp³-hybridized carbons (Fsp3) is 0.136. The molecule has 0 fully saturated rings. The largest absolute Gasteiger partial charge is 0.383 e. The highest BCUT2D eigenvalue weighted by atomic mass is 127. The van der Waals surface area contributed by atoms with Gasteiger partial charge in [0.1, 0.15) is 17.2 Å². The van der Waals surface area contributed by atoms with Crippen molar-refractivity contribution in [2.75, 3.05) is 18.1 Å². The van der Waals surface area contributed by atoms with E-state index in [9.17, 15) is 14.0 Å². The van der Waals surface area contributed by atoms with Gasteiger partial charge in [-0.2, -0.15) is 5.10 Å². The van der Waals surface area contributed by atoms with Crippen LogP contribution in [0.5, 0.6) is 0 Å². The molecule has 35 heavy (non-hydrogen) atoms. The van der Waals surface area contributed by atoms with Crippen molar-refractivity contribution < 1.29 is 14.0 Å². The van der Waals surface area contributed by atoms with Crippen LogP contribution in [-0.4, -0.2) is 43.7 Å². The maximum atomic E-state index is 12.9. The highest BCUT2D eigenvalue weighted by Gasteiger charge is 2.12. The van der Waals surface area contributed by atoms with Crippen LogP contribution in [0.15, 0.2) is 55.0 Å². The number of halogens is 3. The summed E-state index contributed by atoms with van der Waals surface area (Å²) in [6.45, 7) is 1.39. The van der Waals surface area contributed by atoms with Gasteiger partial charge < -0.3 is 11.1 Å². The van der Waals surface area contributed by atoms with Crippen LogP contribution in [0.2, 0.25) is 5.02 Å². The summed E-state index contributed by atoms with van der Waals surface area (Å²) in [5.74, 6) is -0.816. The third-order valence-corrected chi connectivity index (χ3v) is 6.84. The summed E-state index contributed by atoms with van der Waals surface area (Å²) in [5.41, 5.74) is 8.52. The summed E-state index contributed by atoms with van der Waals surface area (Å²) < 4.78 is 14.6. The van der Waals surface area contributed by atoms with E-state index < -0.39 is 11.7 Å². The predicted molar refractivity (Wildman–Crippen MR) is 145 cm³/mol. The Labute approximate surface area is 220 Å². The molecule has 4 aromatic rings. The van der Waals surface area contributed by atoms with E-state index in [1.165, 1.54) is 24.0 Å². The molecule has 3 heterocycles. The molecule has 182 valence electrons. The second-order valence-corrected chi connectivity index (χ2v) is 9.81. The zero-order valence-corrected chi connectivity index (χ0v) is 22.4. The second-order valence-electron chi connectivity index (χ2n) is 7.32. The van der Waals surface area contributed by atoms with Gasteiger partial charge in [-0.15, -0.1) is 0 Å². The molecule has 0 aliphatic heterocycles. The number of hydrogen-bond acceptors (Lipinski definition) is 7. The minimum atomic E-state index is -0.746. The van der Waals surface area contributed by atoms with E-state index >= 15 is 0 Å². The molecular formula is C22H21ClFIN7O2P. The number of carbonyl (C=O) groups excluding carboxylic acids is 2. The lowest BCUT2D eigenvalue weighted by molar-refractivity contribution is -0.127. The van der Waals surface area contributed by atoms with E-state index in [1.807, 2.05) is 25.2 Å². The quantitative estimate of drug-likeness (QED) is 0.135. The number of nitrogen functional groups attached to an aromatic ring is 1. The number of benzene rings is 1. The maximum Gasteiger partial charge on any atom is 0.288 e. The van der Waals surface area contributed by atoms with Crippen LogP contribution >= 0.6 is 40.0 Å². The number of aromatic nitrogens is 4. The molecule has 0 saturated heterocycles. The standard InChI is InChI=1S/C14H14ClFN2.C8H7IN5O2P/c1-18(9-11-5-3-2-4-6-11)10-14-13(15)7-12(16)8-17-14;9-17-14-2-4-7(13-14)5(1-11-8(4)10)12-6(16)3-15/h2-8H,9-10H2,1H3;1-3,17H,(H2,10,11)(H,12,16). The van der Waals surface area contributed by atoms with Gasteiger partial charge in [-0.25, -0.2) is 13.8 Å². The minimum Gasteiger partial charge on any atom is -0.383 e. The fourth-order valence-electron chi connectivity index (χ4n) is 3.09. The molecule has 13 heteroatoms. The van der Waals surface area contributed by atoms with Gasteiger partial charge in [0.2, 0.25) is 6.29 Å². The van der Waals surface area contributed by atoms with E-state index in [0.717, 1.165) is 6.54 Å². The number of hydrogen-bond donors (Lipinski definition) is 2. The molecule has 3 aromatic heterocycles. The van der Waals surface area contributed by atoms with Crippen molar-refractivity contribution in [1.29, 1.82) is 0 Å². The molecule has 0 bridgehead atoms. The average Bonchev–Trinajstić information content (AvgIpc) is 3.29. The number of nitrogens with one attached hydrogen (secondary N) is 1. The van der Waals surface area contributed by atoms with Crippen molar-refractivity contribution in [2.24, 2.45) is 0 Å². The molecule has 1 amide bonds. The number of anilines is 2. The first-order chi connectivity index (χ1) is 16.8. The third kappa shape index (κ3) is 7.63. The molecule has 0 saturated carbocycles. The van der Waals surface area contributed by atoms with Crippen LogP contribution in [-0.2, 0) is 22.7 Å². The number of nitrogens with two attached hydrogens (primary N) is 1. The van der Waals surface area contributed by atoms with Crippen LogP contribution in [0.1, 0.15) is 11.3 Å². The maximum absolute atomic E-state index is 12.9. The summed E-state index contributed by atoms with van der Waals surface area (Å²) in [6, 6.07) is 11.4. The Morgan fingerprint density at radius 2 is 2.03 bits per heavy atom. The van der Waals surface area contributed by atoms with Crippen molar-refractivity contribution in [3.8, 4) is 0 Å². The van der Waals surface area contributed by atoms with Crippen LogP contribution in [0.4, 0.5) is 15.9 Å². The SMILES string of the molecule is CN(Cc1ccccc1)Cc1ncc(F)cc1Cl.Nc1ncc(NC(=O)C=O)c2nn(PI)cc12. The number of carbonyl (C=O) groups is 2. The Morgan fingerprint density at radius 3 is 2.69 bits per heavy atom. The Morgan fingerprint density at radius 1 is 1.29 bits per heavy atom. The first-order valence-electron chi connectivity index (χ1n) is 10.1. The zero-order valence-electron chi connectivity index (χ0n) is 18.5. The van der Waals surface area contributed by atoms with Crippen molar-refractivity contribution in [1.82, 2.24) is 24.4 Å². The van der Waals surface area contributed by atoms with Gasteiger partial charge in [0, 0.05) is 19.3 Å². The topological polar surface area (TPSA) is 119 Å². The van der Waals surface area contributed by atoms with Crippen molar-refractivity contribution >= 4 is 74.6 Å². The van der Waals surface area contributed by atoms with Gasteiger partial charge in [-0.1, -0.05) is 41.9 Å². The molecule has 1 atom stereocenters. The third-order valence-electron chi connectivity index (χ3n) is 4.63. The van der Waals surface area contributed by atoms with Crippen molar-refractivity contribution in [3.63, 3.8) is 0 Å². The minimum absolute atomic E-state index is 0.194. The lowest BCUT2D eigenvalue weighted by atomic mass is 10.2. The Hall–Kier alpha value is -2.73. The number of nitrogens with zero attached hydrogens (tertiary/aromatic N) is 5. The second kappa shape index (κ2) is 12.8. The number of pyridine rings is 2. The lowest BCUT2D eigenvalue weighted by Crippen LogP contribution is -2.18. The molecule has 0 radical (unpaired) electrons. The summed E-state index contributed by atoms with van der Waals surface area (Å²) in [5, 5.41) is 7.67. The van der Waals surface area contributed by atoms with E-state index in [2.05, 4.69) is 59.5 Å². The van der Waals surface area contributed by atoms with Crippen molar-refractivity contribution in [3.05, 3.63) is 77.1 Å². The van der Waals surface area contributed by atoms with Gasteiger partial charge in [-0.05, 0) is 40.7 Å². The average molecular weight is 628 g/mol. The molecule has 0 aliphatic carbocycles. The summed E-state index contributed by atoms with van der Waals surface area (Å²) in [6.07, 6.45) is 4.93. The highest BCUT2D eigenvalue weighted by Crippen LogP contribution is 2.30. The van der Waals surface area contributed by atoms with Gasteiger partial charge in [0.25, 0.3) is 5.91 Å². The van der Waals surface area contributed by atoms with Gasteiger partial charge >= 0.3 is 0 Å². The van der Waals surface area contributed by atoms with Crippen molar-refractivity contribution in [2.45, 2.75) is 13.1 Å². The van der Waals surface area contributed by atoms with Gasteiger partial charge in [-0.3, -0.25) is 19.5 Å². The Bertz CT molecular complexity index is 1330. The van der Waals surface area contributed by atoms with E-state index in [-0.39, 0.29) is 6.29 Å². The van der Waals surface area contributed by atoms with Crippen LogP contribution in [0.25, 0.3) is 10.9 Å². The molecule has 0 aliphatic rings. The first kappa shape index (κ1) is 26.9. The van der Waals surface area contributed by atoms with Crippen LogP contribution in [0.3, 0.4) is 0 Å². The van der Waals surface area contributed by atoms with Gasteiger partial charge in [0.05, 0.1) is 40.6 Å². The molecule has 4 rings (SSSR count). The summed E-state index contributed by atoms with van der Waals surface area (Å²) in [7, 11) is 1.98. The molecule has 0 spiro atoms. The molecule has 3 N–H and O–H groups in total. The van der Waals surface area contributed by atoms with E-state index in [1.54, 1.807) is 10.6 Å². The number of fused-ring (bicyclic) bond motifs is 1. The zero-order chi connectivity index (χ0) is 25.4. The van der Waals surface area contributed by atoms with Crippen LogP contribution < -0.4 is 11.1 Å². The number of aldehydes is 1. The van der Waals surface area contributed by atoms with Gasteiger partial charge in [0.15, 0.2) is 0 Å². The van der Waals surface area contributed by atoms with Crippen LogP contribution in [0, 0.1) is 5.82 Å². The lowest BCUT2D eigenvalue weighted by Gasteiger charge is -2.16. The normalized spacial score (nSPS) is 11.0.